The van der Waals surface area contributed by atoms with Crippen molar-refractivity contribution in [1.82, 2.24) is 24.7 Å². The third-order valence-electron chi connectivity index (χ3n) is 4.55. The highest BCUT2D eigenvalue weighted by Crippen LogP contribution is 2.34. The number of nitrogens with zero attached hydrogens (tertiary/aromatic N) is 5. The molecule has 0 unspecified atom stereocenters. The number of fused-ring (bicyclic) bond motifs is 1. The molecule has 0 aliphatic heterocycles. The molecule has 8 nitrogen and oxygen atoms in total. The van der Waals surface area contributed by atoms with Crippen molar-refractivity contribution in [3.05, 3.63) is 46.9 Å². The molecule has 0 bridgehead atoms. The van der Waals surface area contributed by atoms with Crippen molar-refractivity contribution in [2.45, 2.75) is 20.4 Å². The Balaban J connectivity index is 1.71. The van der Waals surface area contributed by atoms with E-state index in [0.29, 0.717) is 24.0 Å². The first-order chi connectivity index (χ1) is 13.6. The van der Waals surface area contributed by atoms with Crippen molar-refractivity contribution in [3.8, 4) is 17.4 Å². The van der Waals surface area contributed by atoms with Crippen LogP contribution in [0.1, 0.15) is 16.0 Å². The van der Waals surface area contributed by atoms with Crippen molar-refractivity contribution in [1.29, 1.82) is 0 Å². The fourth-order valence-electron chi connectivity index (χ4n) is 2.96. The van der Waals surface area contributed by atoms with Gasteiger partial charge < -0.3 is 14.8 Å². The molecular formula is C19H20N6O2S. The van der Waals surface area contributed by atoms with Gasteiger partial charge >= 0.3 is 0 Å². The standard InChI is InChI=1S/C19H20N6O2S/c1-11-12(2)28-18-16(11)17(23-19(24-18)25-10-20-9-22-25)21-8-13-5-6-14(26-3)15(7-13)27-4/h5-7,9-10H,8H2,1-4H3,(H,21,23,24). The third-order valence-corrected chi connectivity index (χ3v) is 5.65. The zero-order valence-electron chi connectivity index (χ0n) is 16.1. The Labute approximate surface area is 166 Å². The maximum Gasteiger partial charge on any atom is 0.255 e. The minimum atomic E-state index is 0.487. The minimum Gasteiger partial charge on any atom is -0.493 e. The summed E-state index contributed by atoms with van der Waals surface area (Å²) in [5.74, 6) is 2.65. The molecule has 0 saturated carbocycles. The first-order valence-corrected chi connectivity index (χ1v) is 9.50. The van der Waals surface area contributed by atoms with Crippen LogP contribution in [0.25, 0.3) is 16.2 Å². The van der Waals surface area contributed by atoms with Crippen molar-refractivity contribution >= 4 is 27.4 Å². The van der Waals surface area contributed by atoms with Crippen molar-refractivity contribution in [3.63, 3.8) is 0 Å². The van der Waals surface area contributed by atoms with Crippen LogP contribution < -0.4 is 14.8 Å². The summed E-state index contributed by atoms with van der Waals surface area (Å²) in [6, 6.07) is 5.84. The highest BCUT2D eigenvalue weighted by molar-refractivity contribution is 7.18. The molecule has 0 spiro atoms. The molecule has 0 amide bonds. The van der Waals surface area contributed by atoms with Gasteiger partial charge in [0, 0.05) is 11.4 Å². The summed E-state index contributed by atoms with van der Waals surface area (Å²) in [4.78, 5) is 15.5. The summed E-state index contributed by atoms with van der Waals surface area (Å²) in [5.41, 5.74) is 2.23. The summed E-state index contributed by atoms with van der Waals surface area (Å²) in [5, 5.41) is 8.63. The van der Waals surface area contributed by atoms with Crippen molar-refractivity contribution in [2.24, 2.45) is 0 Å². The van der Waals surface area contributed by atoms with E-state index in [1.165, 1.54) is 16.8 Å². The molecule has 0 saturated heterocycles. The van der Waals surface area contributed by atoms with Gasteiger partial charge in [0.1, 0.15) is 23.3 Å². The van der Waals surface area contributed by atoms with E-state index in [2.05, 4.69) is 34.2 Å². The van der Waals surface area contributed by atoms with E-state index in [-0.39, 0.29) is 0 Å². The Hall–Kier alpha value is -3.20. The van der Waals surface area contributed by atoms with Gasteiger partial charge in [-0.3, -0.25) is 0 Å². The number of rotatable bonds is 6. The van der Waals surface area contributed by atoms with Crippen LogP contribution in [0, 0.1) is 13.8 Å². The Morgan fingerprint density at radius 2 is 1.93 bits per heavy atom. The van der Waals surface area contributed by atoms with Gasteiger partial charge in [-0.25, -0.2) is 4.98 Å². The molecule has 0 fully saturated rings. The maximum absolute atomic E-state index is 5.39. The number of anilines is 1. The molecule has 3 aromatic heterocycles. The Morgan fingerprint density at radius 1 is 1.11 bits per heavy atom. The summed E-state index contributed by atoms with van der Waals surface area (Å²) < 4.78 is 12.3. The molecule has 0 aliphatic carbocycles. The molecule has 0 radical (unpaired) electrons. The zero-order chi connectivity index (χ0) is 19.7. The van der Waals surface area contributed by atoms with E-state index in [4.69, 9.17) is 14.5 Å². The predicted octanol–water partition coefficient (Wildman–Crippen LogP) is 3.52. The second-order valence-electron chi connectivity index (χ2n) is 6.22. The number of aromatic nitrogens is 5. The van der Waals surface area contributed by atoms with E-state index >= 15 is 0 Å². The lowest BCUT2D eigenvalue weighted by atomic mass is 10.2. The summed E-state index contributed by atoms with van der Waals surface area (Å²) >= 11 is 1.65. The van der Waals surface area contributed by atoms with E-state index < -0.39 is 0 Å². The monoisotopic (exact) mass is 396 g/mol. The number of ether oxygens (including phenoxy) is 2. The SMILES string of the molecule is COc1ccc(CNc2nc(-n3cncn3)nc3sc(C)c(C)c23)cc1OC. The Kier molecular flexibility index (Phi) is 4.82. The zero-order valence-corrected chi connectivity index (χ0v) is 16.9. The number of methoxy groups -OCH3 is 2. The van der Waals surface area contributed by atoms with Gasteiger partial charge in [0.25, 0.3) is 5.95 Å². The van der Waals surface area contributed by atoms with E-state index in [0.717, 1.165) is 21.6 Å². The maximum atomic E-state index is 5.39. The van der Waals surface area contributed by atoms with Gasteiger partial charge in [-0.15, -0.1) is 11.3 Å². The van der Waals surface area contributed by atoms with E-state index in [9.17, 15) is 0 Å². The average molecular weight is 396 g/mol. The molecule has 0 atom stereocenters. The Bertz CT molecular complexity index is 1120. The first kappa shape index (κ1) is 18.2. The number of aryl methyl sites for hydroxylation is 2. The van der Waals surface area contributed by atoms with Gasteiger partial charge in [-0.2, -0.15) is 19.7 Å². The molecule has 28 heavy (non-hydrogen) atoms. The normalized spacial score (nSPS) is 11.0. The summed E-state index contributed by atoms with van der Waals surface area (Å²) in [6.07, 6.45) is 3.06. The van der Waals surface area contributed by atoms with Crippen LogP contribution in [0.2, 0.25) is 0 Å². The number of hydrogen-bond donors (Lipinski definition) is 1. The van der Waals surface area contributed by atoms with Crippen LogP contribution in [0.15, 0.2) is 30.9 Å². The lowest BCUT2D eigenvalue weighted by Crippen LogP contribution is -2.07. The molecule has 0 aliphatic rings. The summed E-state index contributed by atoms with van der Waals surface area (Å²) in [6.45, 7) is 4.76. The molecule has 144 valence electrons. The van der Waals surface area contributed by atoms with Crippen LogP contribution in [0.5, 0.6) is 11.5 Å². The van der Waals surface area contributed by atoms with Gasteiger partial charge in [0.15, 0.2) is 11.5 Å². The highest BCUT2D eigenvalue weighted by Gasteiger charge is 2.16. The molecular weight excluding hydrogens is 376 g/mol. The second kappa shape index (κ2) is 7.43. The Morgan fingerprint density at radius 3 is 2.64 bits per heavy atom. The fraction of sp³-hybridized carbons (Fsp3) is 0.263. The minimum absolute atomic E-state index is 0.487. The predicted molar refractivity (Wildman–Crippen MR) is 109 cm³/mol. The smallest absolute Gasteiger partial charge is 0.255 e. The molecule has 1 aromatic carbocycles. The lowest BCUT2D eigenvalue weighted by molar-refractivity contribution is 0.354. The van der Waals surface area contributed by atoms with Gasteiger partial charge in [0.05, 0.1) is 19.6 Å². The van der Waals surface area contributed by atoms with Crippen LogP contribution in [0.3, 0.4) is 0 Å². The second-order valence-corrected chi connectivity index (χ2v) is 7.42. The topological polar surface area (TPSA) is 87.0 Å². The van der Waals surface area contributed by atoms with E-state index in [1.54, 1.807) is 36.6 Å². The largest absolute Gasteiger partial charge is 0.493 e. The lowest BCUT2D eigenvalue weighted by Gasteiger charge is -2.12. The molecule has 3 heterocycles. The average Bonchev–Trinajstić information content (AvgIpc) is 3.34. The van der Waals surface area contributed by atoms with Gasteiger partial charge in [0.2, 0.25) is 0 Å². The van der Waals surface area contributed by atoms with E-state index in [1.807, 2.05) is 18.2 Å². The fourth-order valence-corrected chi connectivity index (χ4v) is 3.98. The number of nitrogens with one attached hydrogen (secondary N) is 1. The highest BCUT2D eigenvalue weighted by atomic mass is 32.1. The molecule has 9 heteroatoms. The van der Waals surface area contributed by atoms with Crippen LogP contribution in [-0.2, 0) is 6.54 Å². The molecule has 4 aromatic rings. The number of thiophene rings is 1. The summed E-state index contributed by atoms with van der Waals surface area (Å²) in [7, 11) is 3.26. The molecule has 4 rings (SSSR count). The van der Waals surface area contributed by atoms with Crippen molar-refractivity contribution in [2.75, 3.05) is 19.5 Å². The molecule has 1 N–H and O–H groups in total. The van der Waals surface area contributed by atoms with Crippen molar-refractivity contribution < 1.29 is 9.47 Å². The first-order valence-electron chi connectivity index (χ1n) is 8.68. The van der Waals surface area contributed by atoms with Gasteiger partial charge in [-0.1, -0.05) is 6.07 Å². The van der Waals surface area contributed by atoms with Gasteiger partial charge in [-0.05, 0) is 37.1 Å². The van der Waals surface area contributed by atoms with Crippen LogP contribution in [0.4, 0.5) is 5.82 Å². The van der Waals surface area contributed by atoms with Crippen LogP contribution >= 0.6 is 11.3 Å². The third kappa shape index (κ3) is 3.24. The number of benzene rings is 1. The quantitative estimate of drug-likeness (QED) is 0.533. The number of hydrogen-bond acceptors (Lipinski definition) is 8. The van der Waals surface area contributed by atoms with Crippen LogP contribution in [-0.4, -0.2) is 39.0 Å².